The molecule has 1 aromatic carbocycles. The molecule has 0 fully saturated rings. The monoisotopic (exact) mass is 285 g/mol. The Hall–Kier alpha value is -2.70. The van der Waals surface area contributed by atoms with E-state index in [9.17, 15) is 4.79 Å². The molecule has 0 unspecified atom stereocenters. The predicted octanol–water partition coefficient (Wildman–Crippen LogP) is 1.54. The molecule has 21 heavy (non-hydrogen) atoms. The quantitative estimate of drug-likeness (QED) is 0.758. The molecule has 0 aliphatic heterocycles. The fourth-order valence-corrected chi connectivity index (χ4v) is 2.06. The fraction of sp³-hybridized carbons (Fsp3) is 0.286. The molecule has 2 aromatic heterocycles. The summed E-state index contributed by atoms with van der Waals surface area (Å²) in [7, 11) is 0. The van der Waals surface area contributed by atoms with Crippen molar-refractivity contribution in [1.82, 2.24) is 25.9 Å². The zero-order valence-corrected chi connectivity index (χ0v) is 11.8. The van der Waals surface area contributed by atoms with E-state index in [1.807, 2.05) is 24.3 Å². The molecule has 7 nitrogen and oxygen atoms in total. The molecule has 0 aliphatic carbocycles. The molecule has 1 amide bonds. The van der Waals surface area contributed by atoms with Gasteiger partial charge in [-0.15, -0.1) is 10.2 Å². The molecule has 2 N–H and O–H groups in total. The molecule has 108 valence electrons. The molecule has 0 atom stereocenters. The van der Waals surface area contributed by atoms with Crippen molar-refractivity contribution in [2.75, 3.05) is 0 Å². The first kappa shape index (κ1) is 13.3. The van der Waals surface area contributed by atoms with Gasteiger partial charge in [0.15, 0.2) is 5.82 Å². The number of rotatable bonds is 4. The van der Waals surface area contributed by atoms with E-state index in [1.54, 1.807) is 20.1 Å². The lowest BCUT2D eigenvalue weighted by Gasteiger charge is -2.19. The van der Waals surface area contributed by atoms with E-state index >= 15 is 0 Å². The lowest BCUT2D eigenvalue weighted by atomic mass is 9.91. The Morgan fingerprint density at radius 3 is 3.00 bits per heavy atom. The van der Waals surface area contributed by atoms with Gasteiger partial charge in [-0.1, -0.05) is 11.3 Å². The fourth-order valence-electron chi connectivity index (χ4n) is 2.06. The Bertz CT molecular complexity index is 761. The normalized spacial score (nSPS) is 11.7. The van der Waals surface area contributed by atoms with E-state index in [1.165, 1.54) is 0 Å². The number of tetrazole rings is 1. The minimum absolute atomic E-state index is 0.156. The van der Waals surface area contributed by atoms with Crippen LogP contribution in [0.15, 0.2) is 34.9 Å². The molecule has 0 saturated carbocycles. The maximum absolute atomic E-state index is 12.3. The van der Waals surface area contributed by atoms with Crippen molar-refractivity contribution in [2.24, 2.45) is 0 Å². The second kappa shape index (κ2) is 5.01. The summed E-state index contributed by atoms with van der Waals surface area (Å²) in [6.07, 6.45) is 1.65. The van der Waals surface area contributed by atoms with Gasteiger partial charge in [-0.2, -0.15) is 5.21 Å². The molecule has 0 radical (unpaired) electrons. The van der Waals surface area contributed by atoms with Crippen LogP contribution in [0, 0.1) is 0 Å². The second-order valence-corrected chi connectivity index (χ2v) is 5.34. The number of carbonyl (C=O) groups is 1. The van der Waals surface area contributed by atoms with Gasteiger partial charge in [0.1, 0.15) is 11.0 Å². The molecule has 3 aromatic rings. The van der Waals surface area contributed by atoms with E-state index in [4.69, 9.17) is 4.42 Å². The van der Waals surface area contributed by atoms with E-state index < -0.39 is 5.41 Å². The van der Waals surface area contributed by atoms with E-state index in [0.717, 1.165) is 16.5 Å². The van der Waals surface area contributed by atoms with Crippen LogP contribution < -0.4 is 5.32 Å². The van der Waals surface area contributed by atoms with Gasteiger partial charge >= 0.3 is 0 Å². The number of carbonyl (C=O) groups excluding carboxylic acids is 1. The molecule has 7 heteroatoms. The number of furan rings is 1. The highest BCUT2D eigenvalue weighted by molar-refractivity contribution is 5.86. The first-order chi connectivity index (χ1) is 10.1. The molecule has 0 saturated heterocycles. The van der Waals surface area contributed by atoms with Crippen LogP contribution in [0.4, 0.5) is 0 Å². The summed E-state index contributed by atoms with van der Waals surface area (Å²) >= 11 is 0. The number of hydrogen-bond acceptors (Lipinski definition) is 5. The third-order valence-corrected chi connectivity index (χ3v) is 3.44. The van der Waals surface area contributed by atoms with Crippen molar-refractivity contribution < 1.29 is 9.21 Å². The molecular formula is C14H15N5O2. The smallest absolute Gasteiger partial charge is 0.233 e. The number of H-pyrrole nitrogens is 1. The average Bonchev–Trinajstić information content (AvgIpc) is 3.14. The van der Waals surface area contributed by atoms with Crippen molar-refractivity contribution in [3.63, 3.8) is 0 Å². The Labute approximate surface area is 120 Å². The number of nitrogens with zero attached hydrogens (tertiary/aromatic N) is 3. The predicted molar refractivity (Wildman–Crippen MR) is 75.3 cm³/mol. The number of aromatic amines is 1. The zero-order chi connectivity index (χ0) is 14.9. The van der Waals surface area contributed by atoms with Gasteiger partial charge in [0.05, 0.1) is 6.26 Å². The van der Waals surface area contributed by atoms with Crippen molar-refractivity contribution >= 4 is 16.9 Å². The zero-order valence-electron chi connectivity index (χ0n) is 11.8. The topological polar surface area (TPSA) is 96.7 Å². The number of amides is 1. The first-order valence-electron chi connectivity index (χ1n) is 6.56. The summed E-state index contributed by atoms with van der Waals surface area (Å²) in [6.45, 7) is 3.94. The number of benzene rings is 1. The molecule has 0 spiro atoms. The van der Waals surface area contributed by atoms with E-state index in [0.29, 0.717) is 12.4 Å². The van der Waals surface area contributed by atoms with Crippen molar-refractivity contribution in [3.8, 4) is 0 Å². The van der Waals surface area contributed by atoms with E-state index in [-0.39, 0.29) is 5.91 Å². The maximum Gasteiger partial charge on any atom is 0.233 e. The van der Waals surface area contributed by atoms with Gasteiger partial charge in [0.25, 0.3) is 0 Å². The number of hydrogen-bond donors (Lipinski definition) is 2. The van der Waals surface area contributed by atoms with Gasteiger partial charge in [0.2, 0.25) is 5.91 Å². The Kier molecular flexibility index (Phi) is 3.17. The van der Waals surface area contributed by atoms with Crippen molar-refractivity contribution in [2.45, 2.75) is 25.8 Å². The minimum Gasteiger partial charge on any atom is -0.464 e. The Morgan fingerprint density at radius 1 is 1.38 bits per heavy atom. The molecular weight excluding hydrogens is 270 g/mol. The SMILES string of the molecule is CC(C)(C(=O)NCc1ccc2occc2c1)c1nn[nH]n1. The molecule has 0 aliphatic rings. The van der Waals surface area contributed by atoms with Crippen LogP contribution in [-0.4, -0.2) is 26.5 Å². The second-order valence-electron chi connectivity index (χ2n) is 5.34. The third-order valence-electron chi connectivity index (χ3n) is 3.44. The van der Waals surface area contributed by atoms with Gasteiger partial charge in [-0.25, -0.2) is 0 Å². The lowest BCUT2D eigenvalue weighted by molar-refractivity contribution is -0.126. The van der Waals surface area contributed by atoms with Crippen LogP contribution in [-0.2, 0) is 16.8 Å². The van der Waals surface area contributed by atoms with Gasteiger partial charge in [-0.3, -0.25) is 4.79 Å². The van der Waals surface area contributed by atoms with Crippen LogP contribution in [0.5, 0.6) is 0 Å². The summed E-state index contributed by atoms with van der Waals surface area (Å²) in [6, 6.07) is 7.69. The molecule has 3 rings (SSSR count). The molecule has 2 heterocycles. The highest BCUT2D eigenvalue weighted by atomic mass is 16.3. The van der Waals surface area contributed by atoms with Crippen LogP contribution >= 0.6 is 0 Å². The highest BCUT2D eigenvalue weighted by Gasteiger charge is 2.33. The van der Waals surface area contributed by atoms with Gasteiger partial charge < -0.3 is 9.73 Å². The number of nitrogens with one attached hydrogen (secondary N) is 2. The van der Waals surface area contributed by atoms with Crippen molar-refractivity contribution in [3.05, 3.63) is 41.9 Å². The summed E-state index contributed by atoms with van der Waals surface area (Å²) in [4.78, 5) is 12.3. The Balaban J connectivity index is 1.70. The highest BCUT2D eigenvalue weighted by Crippen LogP contribution is 2.19. The lowest BCUT2D eigenvalue weighted by Crippen LogP contribution is -2.40. The number of aromatic nitrogens is 4. The molecule has 0 bridgehead atoms. The van der Waals surface area contributed by atoms with Crippen LogP contribution in [0.25, 0.3) is 11.0 Å². The number of fused-ring (bicyclic) bond motifs is 1. The third kappa shape index (κ3) is 2.49. The first-order valence-corrected chi connectivity index (χ1v) is 6.56. The van der Waals surface area contributed by atoms with Crippen LogP contribution in [0.2, 0.25) is 0 Å². The summed E-state index contributed by atoms with van der Waals surface area (Å²) in [5.41, 5.74) is 0.991. The minimum atomic E-state index is -0.841. The Morgan fingerprint density at radius 2 is 2.24 bits per heavy atom. The van der Waals surface area contributed by atoms with Gasteiger partial charge in [0, 0.05) is 11.9 Å². The summed E-state index contributed by atoms with van der Waals surface area (Å²) in [5, 5.41) is 17.5. The van der Waals surface area contributed by atoms with Crippen LogP contribution in [0.3, 0.4) is 0 Å². The summed E-state index contributed by atoms with van der Waals surface area (Å²) in [5.74, 6) is 0.210. The van der Waals surface area contributed by atoms with Crippen LogP contribution in [0.1, 0.15) is 25.2 Å². The average molecular weight is 285 g/mol. The standard InChI is InChI=1S/C14H15N5O2/c1-14(2,12-16-18-19-17-12)13(20)15-8-9-3-4-11-10(7-9)5-6-21-11/h3-7H,8H2,1-2H3,(H,15,20)(H,16,17,18,19). The maximum atomic E-state index is 12.3. The van der Waals surface area contributed by atoms with E-state index in [2.05, 4.69) is 25.9 Å². The largest absolute Gasteiger partial charge is 0.464 e. The summed E-state index contributed by atoms with van der Waals surface area (Å²) < 4.78 is 5.29. The van der Waals surface area contributed by atoms with Gasteiger partial charge in [-0.05, 0) is 37.6 Å². The van der Waals surface area contributed by atoms with Crippen molar-refractivity contribution in [1.29, 1.82) is 0 Å².